The van der Waals surface area contributed by atoms with Crippen LogP contribution in [0.5, 0.6) is 0 Å². The zero-order chi connectivity index (χ0) is 17.9. The maximum atomic E-state index is 12.1. The van der Waals surface area contributed by atoms with Crippen molar-refractivity contribution < 1.29 is 18.0 Å². The van der Waals surface area contributed by atoms with Crippen molar-refractivity contribution >= 4 is 16.9 Å². The van der Waals surface area contributed by atoms with E-state index in [1.807, 2.05) is 30.3 Å². The zero-order valence-electron chi connectivity index (χ0n) is 13.2. The van der Waals surface area contributed by atoms with Gasteiger partial charge in [-0.15, -0.1) is 0 Å². The maximum Gasteiger partial charge on any atom is 0.390 e. The number of hydrogen-bond acceptors (Lipinski definition) is 2. The third-order valence-electron chi connectivity index (χ3n) is 3.70. The third kappa shape index (κ3) is 4.59. The van der Waals surface area contributed by atoms with Gasteiger partial charge < -0.3 is 10.3 Å². The Bertz CT molecular complexity index is 872. The first-order valence-corrected chi connectivity index (χ1v) is 7.78. The van der Waals surface area contributed by atoms with E-state index in [1.54, 1.807) is 18.2 Å². The van der Waals surface area contributed by atoms with Gasteiger partial charge in [-0.3, -0.25) is 4.79 Å². The molecule has 1 amide bonds. The molecule has 2 aromatic carbocycles. The maximum absolute atomic E-state index is 12.1. The van der Waals surface area contributed by atoms with Crippen molar-refractivity contribution in [2.24, 2.45) is 0 Å². The van der Waals surface area contributed by atoms with Crippen LogP contribution in [-0.2, 0) is 6.42 Å². The summed E-state index contributed by atoms with van der Waals surface area (Å²) in [6.45, 7) is -0.444. The van der Waals surface area contributed by atoms with E-state index in [0.29, 0.717) is 11.9 Å². The predicted molar refractivity (Wildman–Crippen MR) is 88.3 cm³/mol. The van der Waals surface area contributed by atoms with Gasteiger partial charge in [-0.1, -0.05) is 30.3 Å². The summed E-state index contributed by atoms with van der Waals surface area (Å²) < 4.78 is 36.4. The summed E-state index contributed by atoms with van der Waals surface area (Å²) in [6, 6.07) is 14.7. The SMILES string of the molecule is O=C(NCCC(F)(F)F)c1ccc2[nH]c(Cc3ccccc3)nc2c1. The smallest absolute Gasteiger partial charge is 0.352 e. The number of hydrogen-bond donors (Lipinski definition) is 2. The van der Waals surface area contributed by atoms with E-state index in [-0.39, 0.29) is 5.56 Å². The largest absolute Gasteiger partial charge is 0.390 e. The van der Waals surface area contributed by atoms with Crippen molar-refractivity contribution in [3.63, 3.8) is 0 Å². The van der Waals surface area contributed by atoms with Gasteiger partial charge in [0.2, 0.25) is 0 Å². The van der Waals surface area contributed by atoms with Crippen LogP contribution in [0.1, 0.15) is 28.2 Å². The second-order valence-corrected chi connectivity index (χ2v) is 5.70. The number of nitrogens with zero attached hydrogens (tertiary/aromatic N) is 1. The number of nitrogens with one attached hydrogen (secondary N) is 2. The van der Waals surface area contributed by atoms with Gasteiger partial charge in [0.15, 0.2) is 0 Å². The number of benzene rings is 2. The Labute approximate surface area is 142 Å². The number of H-pyrrole nitrogens is 1. The standard InChI is InChI=1S/C18H16F3N3O/c19-18(20,21)8-9-22-17(25)13-6-7-14-15(11-13)24-16(23-14)10-12-4-2-1-3-5-12/h1-7,11H,8-10H2,(H,22,25)(H,23,24). The molecule has 0 aliphatic heterocycles. The lowest BCUT2D eigenvalue weighted by molar-refractivity contribution is -0.132. The zero-order valence-corrected chi connectivity index (χ0v) is 13.2. The highest BCUT2D eigenvalue weighted by Gasteiger charge is 2.26. The Balaban J connectivity index is 1.70. The number of fused-ring (bicyclic) bond motifs is 1. The van der Waals surface area contributed by atoms with Gasteiger partial charge in [0.25, 0.3) is 5.91 Å². The first kappa shape index (κ1) is 17.0. The molecular weight excluding hydrogens is 331 g/mol. The van der Waals surface area contributed by atoms with Crippen LogP contribution in [0.2, 0.25) is 0 Å². The lowest BCUT2D eigenvalue weighted by Gasteiger charge is -2.07. The van der Waals surface area contributed by atoms with Crippen LogP contribution in [0, 0.1) is 0 Å². The molecule has 0 radical (unpaired) electrons. The number of carbonyl (C=O) groups is 1. The molecular formula is C18H16F3N3O. The van der Waals surface area contributed by atoms with Crippen LogP contribution in [0.4, 0.5) is 13.2 Å². The van der Waals surface area contributed by atoms with E-state index in [9.17, 15) is 18.0 Å². The van der Waals surface area contributed by atoms with Crippen LogP contribution in [0.25, 0.3) is 11.0 Å². The summed E-state index contributed by atoms with van der Waals surface area (Å²) in [7, 11) is 0. The summed E-state index contributed by atoms with van der Waals surface area (Å²) in [5.41, 5.74) is 2.77. The normalized spacial score (nSPS) is 11.6. The van der Waals surface area contributed by atoms with Crippen molar-refractivity contribution in [3.05, 3.63) is 65.5 Å². The number of alkyl halides is 3. The topological polar surface area (TPSA) is 57.8 Å². The third-order valence-corrected chi connectivity index (χ3v) is 3.70. The van der Waals surface area contributed by atoms with Gasteiger partial charge in [0, 0.05) is 18.5 Å². The molecule has 0 atom stereocenters. The predicted octanol–water partition coefficient (Wildman–Crippen LogP) is 3.84. The Morgan fingerprint density at radius 1 is 1.12 bits per heavy atom. The molecule has 1 heterocycles. The van der Waals surface area contributed by atoms with E-state index in [1.165, 1.54) is 0 Å². The molecule has 0 aliphatic rings. The van der Waals surface area contributed by atoms with Crippen LogP contribution < -0.4 is 5.32 Å². The molecule has 0 saturated carbocycles. The molecule has 0 unspecified atom stereocenters. The van der Waals surface area contributed by atoms with Gasteiger partial charge in [0.05, 0.1) is 17.5 Å². The van der Waals surface area contributed by atoms with Crippen LogP contribution >= 0.6 is 0 Å². The van der Waals surface area contributed by atoms with E-state index < -0.39 is 25.0 Å². The molecule has 0 saturated heterocycles. The number of halogens is 3. The molecule has 2 N–H and O–H groups in total. The average molecular weight is 347 g/mol. The lowest BCUT2D eigenvalue weighted by Crippen LogP contribution is -2.27. The molecule has 4 nitrogen and oxygen atoms in total. The number of aromatic amines is 1. The van der Waals surface area contributed by atoms with Crippen LogP contribution in [0.3, 0.4) is 0 Å². The number of amides is 1. The first-order valence-electron chi connectivity index (χ1n) is 7.78. The lowest BCUT2D eigenvalue weighted by atomic mass is 10.1. The summed E-state index contributed by atoms with van der Waals surface area (Å²) >= 11 is 0. The van der Waals surface area contributed by atoms with E-state index in [0.717, 1.165) is 16.9 Å². The number of imidazole rings is 1. The number of aromatic nitrogens is 2. The summed E-state index contributed by atoms with van der Waals surface area (Å²) in [4.78, 5) is 19.6. The Morgan fingerprint density at radius 2 is 1.88 bits per heavy atom. The van der Waals surface area contributed by atoms with E-state index in [4.69, 9.17) is 0 Å². The minimum atomic E-state index is -4.29. The Kier molecular flexibility index (Phi) is 4.74. The second kappa shape index (κ2) is 6.96. The molecule has 0 fully saturated rings. The molecule has 3 aromatic rings. The van der Waals surface area contributed by atoms with Gasteiger partial charge in [-0.05, 0) is 23.8 Å². The monoisotopic (exact) mass is 347 g/mol. The Morgan fingerprint density at radius 3 is 2.60 bits per heavy atom. The van der Waals surface area contributed by atoms with Gasteiger partial charge in [-0.25, -0.2) is 4.98 Å². The first-order chi connectivity index (χ1) is 11.9. The quantitative estimate of drug-likeness (QED) is 0.737. The fraction of sp³-hybridized carbons (Fsp3) is 0.222. The molecule has 130 valence electrons. The highest BCUT2D eigenvalue weighted by Crippen LogP contribution is 2.19. The highest BCUT2D eigenvalue weighted by atomic mass is 19.4. The summed E-state index contributed by atoms with van der Waals surface area (Å²) in [5.74, 6) is 0.217. The van der Waals surface area contributed by atoms with E-state index >= 15 is 0 Å². The minimum Gasteiger partial charge on any atom is -0.352 e. The van der Waals surface area contributed by atoms with Crippen molar-refractivity contribution in [1.29, 1.82) is 0 Å². The Hall–Kier alpha value is -2.83. The summed E-state index contributed by atoms with van der Waals surface area (Å²) in [6.07, 6.45) is -4.71. The summed E-state index contributed by atoms with van der Waals surface area (Å²) in [5, 5.41) is 2.27. The van der Waals surface area contributed by atoms with Crippen molar-refractivity contribution in [2.75, 3.05) is 6.54 Å². The van der Waals surface area contributed by atoms with Gasteiger partial charge in [0.1, 0.15) is 5.82 Å². The van der Waals surface area contributed by atoms with Crippen molar-refractivity contribution in [3.8, 4) is 0 Å². The van der Waals surface area contributed by atoms with Crippen molar-refractivity contribution in [2.45, 2.75) is 19.0 Å². The highest BCUT2D eigenvalue weighted by molar-refractivity contribution is 5.97. The fourth-order valence-corrected chi connectivity index (χ4v) is 2.49. The average Bonchev–Trinajstić information content (AvgIpc) is 2.95. The van der Waals surface area contributed by atoms with Crippen LogP contribution in [-0.4, -0.2) is 28.6 Å². The van der Waals surface area contributed by atoms with Crippen molar-refractivity contribution in [1.82, 2.24) is 15.3 Å². The molecule has 0 spiro atoms. The molecule has 1 aromatic heterocycles. The fourth-order valence-electron chi connectivity index (χ4n) is 2.49. The molecule has 7 heteroatoms. The number of carbonyl (C=O) groups excluding carboxylic acids is 1. The van der Waals surface area contributed by atoms with Crippen LogP contribution in [0.15, 0.2) is 48.5 Å². The van der Waals surface area contributed by atoms with Gasteiger partial charge in [-0.2, -0.15) is 13.2 Å². The minimum absolute atomic E-state index is 0.285. The second-order valence-electron chi connectivity index (χ2n) is 5.70. The number of rotatable bonds is 5. The molecule has 3 rings (SSSR count). The van der Waals surface area contributed by atoms with E-state index in [2.05, 4.69) is 15.3 Å². The molecule has 25 heavy (non-hydrogen) atoms. The molecule has 0 aliphatic carbocycles. The molecule has 0 bridgehead atoms. The van der Waals surface area contributed by atoms with Gasteiger partial charge >= 0.3 is 6.18 Å².